The van der Waals surface area contributed by atoms with Gasteiger partial charge in [-0.1, -0.05) is 23.8 Å². The van der Waals surface area contributed by atoms with Crippen molar-refractivity contribution in [2.75, 3.05) is 0 Å². The molecule has 0 spiro atoms. The first kappa shape index (κ1) is 13.6. The summed E-state index contributed by atoms with van der Waals surface area (Å²) in [6.07, 6.45) is 0. The molecule has 0 bridgehead atoms. The minimum atomic E-state index is 0. The zero-order valence-electron chi connectivity index (χ0n) is 9.53. The van der Waals surface area contributed by atoms with Gasteiger partial charge in [0.25, 0.3) is 0 Å². The predicted octanol–water partition coefficient (Wildman–Crippen LogP) is 4.48. The number of hydrogen-bond acceptors (Lipinski definition) is 0. The first-order chi connectivity index (χ1) is 7.97. The summed E-state index contributed by atoms with van der Waals surface area (Å²) in [5.41, 5.74) is 2.59. The van der Waals surface area contributed by atoms with Gasteiger partial charge in [-0.3, -0.25) is 0 Å². The number of hydrogen-bond donors (Lipinski definition) is 0. The molecular formula is C16H14V-6. The summed E-state index contributed by atoms with van der Waals surface area (Å²) < 4.78 is 0. The van der Waals surface area contributed by atoms with E-state index in [2.05, 4.69) is 48.5 Å². The van der Waals surface area contributed by atoms with Crippen molar-refractivity contribution in [3.05, 3.63) is 84.9 Å². The standard InChI is InChI=1S/C11H9.C5H5.V/c1-2-6-10(7-3-1)11-8-4-5-9-11;1-2-4-5-3-1;/h1-9H;1-5H;/q-1;-5;. The minimum absolute atomic E-state index is 0. The van der Waals surface area contributed by atoms with Gasteiger partial charge in [0.2, 0.25) is 0 Å². The molecule has 17 heavy (non-hydrogen) atoms. The van der Waals surface area contributed by atoms with Crippen LogP contribution in [0.25, 0.3) is 11.1 Å². The molecule has 0 aliphatic rings. The van der Waals surface area contributed by atoms with E-state index in [-0.39, 0.29) is 18.6 Å². The average molecular weight is 257 g/mol. The number of benzene rings is 1. The van der Waals surface area contributed by atoms with Gasteiger partial charge in [-0.15, -0.1) is 29.8 Å². The molecule has 1 heteroatoms. The summed E-state index contributed by atoms with van der Waals surface area (Å²) in [7, 11) is 0. The Hall–Kier alpha value is -1.50. The van der Waals surface area contributed by atoms with E-state index in [0.29, 0.717) is 0 Å². The van der Waals surface area contributed by atoms with Crippen LogP contribution in [0.15, 0.2) is 84.9 Å². The van der Waals surface area contributed by atoms with Gasteiger partial charge >= 0.3 is 0 Å². The second kappa shape index (κ2) is 7.73. The molecule has 3 aromatic carbocycles. The largest absolute Gasteiger partial charge is 0.748 e. The van der Waals surface area contributed by atoms with E-state index < -0.39 is 0 Å². The van der Waals surface area contributed by atoms with Crippen molar-refractivity contribution in [2.24, 2.45) is 0 Å². The van der Waals surface area contributed by atoms with Crippen LogP contribution < -0.4 is 0 Å². The monoisotopic (exact) mass is 257 g/mol. The molecule has 0 unspecified atom stereocenters. The fourth-order valence-corrected chi connectivity index (χ4v) is 1.52. The van der Waals surface area contributed by atoms with Crippen LogP contribution in [0.1, 0.15) is 0 Å². The summed E-state index contributed by atoms with van der Waals surface area (Å²) in [5.74, 6) is 0. The van der Waals surface area contributed by atoms with Crippen LogP contribution in [0.2, 0.25) is 0 Å². The van der Waals surface area contributed by atoms with E-state index in [1.54, 1.807) is 0 Å². The molecule has 0 saturated carbocycles. The van der Waals surface area contributed by atoms with Crippen LogP contribution in [0.5, 0.6) is 0 Å². The molecule has 89 valence electrons. The quantitative estimate of drug-likeness (QED) is 0.564. The Labute approximate surface area is 115 Å². The van der Waals surface area contributed by atoms with Crippen molar-refractivity contribution >= 4 is 0 Å². The normalized spacial score (nSPS) is 8.71. The van der Waals surface area contributed by atoms with Crippen LogP contribution >= 0.6 is 0 Å². The third-order valence-electron chi connectivity index (χ3n) is 2.33. The predicted molar refractivity (Wildman–Crippen MR) is 69.5 cm³/mol. The summed E-state index contributed by atoms with van der Waals surface area (Å²) in [4.78, 5) is 0. The van der Waals surface area contributed by atoms with Gasteiger partial charge in [0.05, 0.1) is 0 Å². The molecule has 0 atom stereocenters. The fraction of sp³-hybridized carbons (Fsp3) is 0. The van der Waals surface area contributed by atoms with E-state index >= 15 is 0 Å². The van der Waals surface area contributed by atoms with Gasteiger partial charge in [-0.05, 0) is 0 Å². The average Bonchev–Trinajstić information content (AvgIpc) is 3.07. The smallest absolute Gasteiger partial charge is 0 e. The van der Waals surface area contributed by atoms with Crippen molar-refractivity contribution in [3.8, 4) is 11.1 Å². The van der Waals surface area contributed by atoms with Crippen LogP contribution in [0.3, 0.4) is 0 Å². The third-order valence-corrected chi connectivity index (χ3v) is 2.33. The Morgan fingerprint density at radius 3 is 1.59 bits per heavy atom. The van der Waals surface area contributed by atoms with Crippen molar-refractivity contribution < 1.29 is 18.6 Å². The van der Waals surface area contributed by atoms with Crippen LogP contribution in [-0.4, -0.2) is 0 Å². The summed E-state index contributed by atoms with van der Waals surface area (Å²) in [5, 5.41) is 0. The van der Waals surface area contributed by atoms with Crippen LogP contribution in [-0.2, 0) is 18.6 Å². The second-order valence-corrected chi connectivity index (χ2v) is 3.50. The van der Waals surface area contributed by atoms with Gasteiger partial charge < -0.3 is 30.3 Å². The zero-order chi connectivity index (χ0) is 11.1. The molecule has 0 saturated heterocycles. The Bertz CT molecular complexity index is 446. The SMILES string of the molecule is [V].[cH-]1[cH-][cH-][cH-][cH-]1.c1ccc(-[c-]2cccc2)cc1. The van der Waals surface area contributed by atoms with Crippen molar-refractivity contribution in [1.29, 1.82) is 0 Å². The molecule has 0 N–H and O–H groups in total. The fourth-order valence-electron chi connectivity index (χ4n) is 1.52. The topological polar surface area (TPSA) is 0 Å². The maximum absolute atomic E-state index is 2.12. The van der Waals surface area contributed by atoms with E-state index in [9.17, 15) is 0 Å². The first-order valence-corrected chi connectivity index (χ1v) is 5.40. The third kappa shape index (κ3) is 4.48. The van der Waals surface area contributed by atoms with Gasteiger partial charge in [-0.25, -0.2) is 0 Å². The minimum Gasteiger partial charge on any atom is -0.748 e. The number of rotatable bonds is 1. The molecule has 3 aromatic rings. The van der Waals surface area contributed by atoms with E-state index in [0.717, 1.165) is 0 Å². The molecule has 0 fully saturated rings. The Balaban J connectivity index is 0.000000205. The molecule has 0 nitrogen and oxygen atoms in total. The summed E-state index contributed by atoms with van der Waals surface area (Å²) >= 11 is 0. The maximum atomic E-state index is 2.12. The van der Waals surface area contributed by atoms with Crippen molar-refractivity contribution in [3.63, 3.8) is 0 Å². The van der Waals surface area contributed by atoms with Gasteiger partial charge in [-0.2, -0.15) is 12.1 Å². The summed E-state index contributed by atoms with van der Waals surface area (Å²) in [6.45, 7) is 0. The maximum Gasteiger partial charge on any atom is 0 e. The second-order valence-electron chi connectivity index (χ2n) is 3.50. The summed E-state index contributed by atoms with van der Waals surface area (Å²) in [6, 6.07) is 28.7. The van der Waals surface area contributed by atoms with E-state index in [1.165, 1.54) is 11.1 Å². The van der Waals surface area contributed by atoms with Crippen LogP contribution in [0.4, 0.5) is 0 Å². The van der Waals surface area contributed by atoms with Gasteiger partial charge in [0.15, 0.2) is 0 Å². The molecule has 0 aromatic heterocycles. The van der Waals surface area contributed by atoms with Crippen LogP contribution in [0, 0.1) is 0 Å². The Morgan fingerprint density at radius 2 is 1.12 bits per heavy atom. The molecule has 3 rings (SSSR count). The molecule has 1 radical (unpaired) electrons. The Kier molecular flexibility index (Phi) is 6.17. The molecule has 0 amide bonds. The molecule has 0 heterocycles. The molecular weight excluding hydrogens is 243 g/mol. The molecule has 0 aliphatic heterocycles. The Morgan fingerprint density at radius 1 is 0.647 bits per heavy atom. The van der Waals surface area contributed by atoms with Gasteiger partial charge in [0, 0.05) is 18.6 Å². The van der Waals surface area contributed by atoms with Crippen molar-refractivity contribution in [2.45, 2.75) is 0 Å². The van der Waals surface area contributed by atoms with Gasteiger partial charge in [0.1, 0.15) is 0 Å². The van der Waals surface area contributed by atoms with E-state index in [1.807, 2.05) is 36.4 Å². The van der Waals surface area contributed by atoms with E-state index in [4.69, 9.17) is 0 Å². The molecule has 0 aliphatic carbocycles. The zero-order valence-corrected chi connectivity index (χ0v) is 10.9. The first-order valence-electron chi connectivity index (χ1n) is 5.40. The van der Waals surface area contributed by atoms with Crippen molar-refractivity contribution in [1.82, 2.24) is 0 Å².